The normalized spacial score (nSPS) is 21.3. The standard InChI is InChI=1S/C17H20N2O4S2.ClH/c1-24(20,21)16-9-5-6-10-17(16)25(22,23)19-11-14(15(18)12-19)13-7-3-2-4-8-13;/h2-10,14-15H,11-12,18H2,1H3;1H/t14-,15+;/m0./s1. The largest absolute Gasteiger partial charge is 0.326 e. The fraction of sp³-hybridized carbons (Fsp3) is 0.294. The number of nitrogens with two attached hydrogens (primary N) is 1. The van der Waals surface area contributed by atoms with E-state index in [1.54, 1.807) is 0 Å². The van der Waals surface area contributed by atoms with Gasteiger partial charge in [0, 0.05) is 31.3 Å². The van der Waals surface area contributed by atoms with Crippen molar-refractivity contribution < 1.29 is 16.8 Å². The van der Waals surface area contributed by atoms with Crippen molar-refractivity contribution in [2.75, 3.05) is 19.3 Å². The Balaban J connectivity index is 0.00000243. The van der Waals surface area contributed by atoms with Gasteiger partial charge in [0.1, 0.15) is 4.90 Å². The molecule has 0 spiro atoms. The first kappa shape index (κ1) is 20.9. The molecule has 142 valence electrons. The van der Waals surface area contributed by atoms with Crippen LogP contribution in [-0.2, 0) is 19.9 Å². The molecule has 2 atom stereocenters. The minimum absolute atomic E-state index is 0. The third kappa shape index (κ3) is 3.94. The minimum atomic E-state index is -3.95. The quantitative estimate of drug-likeness (QED) is 0.816. The van der Waals surface area contributed by atoms with Crippen LogP contribution in [0.25, 0.3) is 0 Å². The molecule has 2 N–H and O–H groups in total. The van der Waals surface area contributed by atoms with Gasteiger partial charge in [-0.15, -0.1) is 12.4 Å². The number of sulfone groups is 1. The second-order valence-electron chi connectivity index (χ2n) is 6.22. The highest BCUT2D eigenvalue weighted by Crippen LogP contribution is 2.32. The minimum Gasteiger partial charge on any atom is -0.326 e. The molecule has 1 aliphatic rings. The Bertz CT molecular complexity index is 979. The number of hydrogen-bond acceptors (Lipinski definition) is 5. The number of rotatable bonds is 4. The first-order chi connectivity index (χ1) is 11.7. The van der Waals surface area contributed by atoms with Crippen molar-refractivity contribution in [1.82, 2.24) is 4.31 Å². The van der Waals surface area contributed by atoms with Crippen LogP contribution in [0.4, 0.5) is 0 Å². The lowest BCUT2D eigenvalue weighted by molar-refractivity contribution is 0.468. The highest BCUT2D eigenvalue weighted by Gasteiger charge is 2.39. The van der Waals surface area contributed by atoms with Gasteiger partial charge in [-0.2, -0.15) is 4.31 Å². The van der Waals surface area contributed by atoms with E-state index in [4.69, 9.17) is 5.73 Å². The van der Waals surface area contributed by atoms with E-state index in [2.05, 4.69) is 0 Å². The van der Waals surface area contributed by atoms with E-state index in [1.165, 1.54) is 28.6 Å². The summed E-state index contributed by atoms with van der Waals surface area (Å²) < 4.78 is 51.3. The van der Waals surface area contributed by atoms with E-state index in [0.717, 1.165) is 11.8 Å². The van der Waals surface area contributed by atoms with E-state index in [-0.39, 0.29) is 47.2 Å². The average Bonchev–Trinajstić information content (AvgIpc) is 2.97. The summed E-state index contributed by atoms with van der Waals surface area (Å²) >= 11 is 0. The van der Waals surface area contributed by atoms with Crippen LogP contribution >= 0.6 is 12.4 Å². The Morgan fingerprint density at radius 2 is 1.42 bits per heavy atom. The molecule has 1 heterocycles. The number of hydrogen-bond donors (Lipinski definition) is 1. The summed E-state index contributed by atoms with van der Waals surface area (Å²) in [4.78, 5) is -0.384. The zero-order valence-electron chi connectivity index (χ0n) is 14.1. The van der Waals surface area contributed by atoms with Gasteiger partial charge in [0.05, 0.1) is 4.90 Å². The van der Waals surface area contributed by atoms with Crippen LogP contribution in [0.3, 0.4) is 0 Å². The molecule has 6 nitrogen and oxygen atoms in total. The van der Waals surface area contributed by atoms with E-state index in [1.807, 2.05) is 30.3 Å². The van der Waals surface area contributed by atoms with Gasteiger partial charge in [0.15, 0.2) is 9.84 Å². The summed E-state index contributed by atoms with van der Waals surface area (Å²) in [7, 11) is -7.61. The van der Waals surface area contributed by atoms with Crippen molar-refractivity contribution in [3.8, 4) is 0 Å². The average molecular weight is 417 g/mol. The summed E-state index contributed by atoms with van der Waals surface area (Å²) in [5.74, 6) is -0.124. The fourth-order valence-corrected chi connectivity index (χ4v) is 6.25. The predicted octanol–water partition coefficient (Wildman–Crippen LogP) is 1.63. The van der Waals surface area contributed by atoms with Crippen LogP contribution in [0.15, 0.2) is 64.4 Å². The molecule has 0 bridgehead atoms. The maximum absolute atomic E-state index is 13.0. The first-order valence-electron chi connectivity index (χ1n) is 7.81. The summed E-state index contributed by atoms with van der Waals surface area (Å²) in [5.41, 5.74) is 7.15. The monoisotopic (exact) mass is 416 g/mol. The van der Waals surface area contributed by atoms with Crippen molar-refractivity contribution in [3.63, 3.8) is 0 Å². The van der Waals surface area contributed by atoms with Crippen LogP contribution in [0.2, 0.25) is 0 Å². The molecular weight excluding hydrogens is 396 g/mol. The van der Waals surface area contributed by atoms with Gasteiger partial charge in [-0.25, -0.2) is 16.8 Å². The molecule has 0 amide bonds. The summed E-state index contributed by atoms with van der Waals surface area (Å²) in [6.07, 6.45) is 1.00. The van der Waals surface area contributed by atoms with Gasteiger partial charge in [-0.05, 0) is 17.7 Å². The molecule has 2 aromatic carbocycles. The highest BCUT2D eigenvalue weighted by atomic mass is 35.5. The van der Waals surface area contributed by atoms with E-state index < -0.39 is 19.9 Å². The molecule has 0 unspecified atom stereocenters. The summed E-state index contributed by atoms with van der Waals surface area (Å²) in [5, 5.41) is 0. The number of halogens is 1. The molecule has 1 aliphatic heterocycles. The van der Waals surface area contributed by atoms with Crippen LogP contribution in [0.1, 0.15) is 11.5 Å². The number of nitrogens with zero attached hydrogens (tertiary/aromatic N) is 1. The molecule has 0 aliphatic carbocycles. The SMILES string of the molecule is CS(=O)(=O)c1ccccc1S(=O)(=O)N1C[C@@H](N)[C@H](c2ccccc2)C1.Cl. The lowest BCUT2D eigenvalue weighted by Crippen LogP contribution is -2.32. The Morgan fingerprint density at radius 3 is 2.00 bits per heavy atom. The molecule has 9 heteroatoms. The van der Waals surface area contributed by atoms with Gasteiger partial charge in [-0.3, -0.25) is 0 Å². The lowest BCUT2D eigenvalue weighted by atomic mass is 9.95. The third-order valence-electron chi connectivity index (χ3n) is 4.43. The van der Waals surface area contributed by atoms with Crippen LogP contribution in [0.5, 0.6) is 0 Å². The van der Waals surface area contributed by atoms with Gasteiger partial charge >= 0.3 is 0 Å². The Kier molecular flexibility index (Phi) is 6.14. The molecule has 1 saturated heterocycles. The van der Waals surface area contributed by atoms with Crippen LogP contribution in [0, 0.1) is 0 Å². The van der Waals surface area contributed by atoms with E-state index >= 15 is 0 Å². The zero-order chi connectivity index (χ0) is 18.2. The second kappa shape index (κ2) is 7.66. The third-order valence-corrected chi connectivity index (χ3v) is 7.60. The molecule has 0 saturated carbocycles. The molecule has 3 rings (SSSR count). The van der Waals surface area contributed by atoms with Crippen LogP contribution < -0.4 is 5.73 Å². The number of benzene rings is 2. The van der Waals surface area contributed by atoms with Gasteiger partial charge < -0.3 is 5.73 Å². The van der Waals surface area contributed by atoms with Gasteiger partial charge in [-0.1, -0.05) is 42.5 Å². The van der Waals surface area contributed by atoms with Crippen molar-refractivity contribution in [2.24, 2.45) is 5.73 Å². The van der Waals surface area contributed by atoms with Crippen molar-refractivity contribution in [3.05, 3.63) is 60.2 Å². The maximum Gasteiger partial charge on any atom is 0.244 e. The Hall–Kier alpha value is -1.45. The molecule has 1 fully saturated rings. The van der Waals surface area contributed by atoms with Crippen molar-refractivity contribution in [1.29, 1.82) is 0 Å². The molecule has 0 radical (unpaired) electrons. The molecule has 0 aromatic heterocycles. The van der Waals surface area contributed by atoms with Crippen LogP contribution in [-0.4, -0.2) is 46.5 Å². The van der Waals surface area contributed by atoms with Gasteiger partial charge in [0.2, 0.25) is 10.0 Å². The first-order valence-corrected chi connectivity index (χ1v) is 11.1. The van der Waals surface area contributed by atoms with E-state index in [0.29, 0.717) is 0 Å². The summed E-state index contributed by atoms with van der Waals surface area (Å²) in [6.45, 7) is 0.381. The zero-order valence-corrected chi connectivity index (χ0v) is 16.6. The number of sulfonamides is 1. The van der Waals surface area contributed by atoms with Crippen molar-refractivity contribution >= 4 is 32.3 Å². The molecule has 26 heavy (non-hydrogen) atoms. The topological polar surface area (TPSA) is 97.5 Å². The maximum atomic E-state index is 13.0. The summed E-state index contributed by atoms with van der Waals surface area (Å²) in [6, 6.07) is 14.8. The highest BCUT2D eigenvalue weighted by molar-refractivity contribution is 7.93. The molecular formula is C17H21ClN2O4S2. The smallest absolute Gasteiger partial charge is 0.244 e. The molecule has 2 aromatic rings. The fourth-order valence-electron chi connectivity index (χ4n) is 3.15. The van der Waals surface area contributed by atoms with Gasteiger partial charge in [0.25, 0.3) is 0 Å². The Morgan fingerprint density at radius 1 is 0.885 bits per heavy atom. The Labute approximate surface area is 160 Å². The lowest BCUT2D eigenvalue weighted by Gasteiger charge is -2.18. The second-order valence-corrected chi connectivity index (χ2v) is 10.1. The van der Waals surface area contributed by atoms with Crippen molar-refractivity contribution in [2.45, 2.75) is 21.8 Å². The predicted molar refractivity (Wildman–Crippen MR) is 103 cm³/mol. The van der Waals surface area contributed by atoms with E-state index in [9.17, 15) is 16.8 Å².